The molecule has 0 heterocycles. The Bertz CT molecular complexity index is 187. The SMILES string of the molecule is C.C.C.C.[CH2-]OC(=O)C(C)(C)CC(C)(C)CC.[Rf]. The molecule has 2 nitrogen and oxygen atoms in total. The summed E-state index contributed by atoms with van der Waals surface area (Å²) in [7, 11) is 3.16. The van der Waals surface area contributed by atoms with E-state index in [1.165, 1.54) is 0 Å². The first-order valence-corrected chi connectivity index (χ1v) is 4.71. The third kappa shape index (κ3) is 11.0. The van der Waals surface area contributed by atoms with Crippen molar-refractivity contribution in [2.45, 2.75) is 77.2 Å². The predicted molar refractivity (Wildman–Crippen MR) is 80.8 cm³/mol. The van der Waals surface area contributed by atoms with E-state index in [2.05, 4.69) is 32.6 Å². The Labute approximate surface area is 111 Å². The molecule has 0 radical (unpaired) electrons. The first-order chi connectivity index (χ1) is 5.75. The van der Waals surface area contributed by atoms with Crippen molar-refractivity contribution in [2.24, 2.45) is 10.8 Å². The van der Waals surface area contributed by atoms with Gasteiger partial charge < -0.3 is 4.74 Å². The van der Waals surface area contributed by atoms with E-state index < -0.39 is 5.41 Å². The summed E-state index contributed by atoms with van der Waals surface area (Å²) >= 11 is 0. The van der Waals surface area contributed by atoms with Crippen molar-refractivity contribution in [3.05, 3.63) is 7.11 Å². The molecule has 0 amide bonds. The topological polar surface area (TPSA) is 26.3 Å². The molecule has 0 aliphatic heterocycles. The first kappa shape index (κ1) is 36.0. The van der Waals surface area contributed by atoms with E-state index in [0.29, 0.717) is 0 Å². The van der Waals surface area contributed by atoms with Gasteiger partial charge in [-0.05, 0) is 25.7 Å². The van der Waals surface area contributed by atoms with E-state index in [1.807, 2.05) is 13.8 Å². The van der Waals surface area contributed by atoms with Crippen molar-refractivity contribution in [3.8, 4) is 0 Å². The van der Waals surface area contributed by atoms with Crippen LogP contribution in [0.1, 0.15) is 77.2 Å². The normalized spacial score (nSPS) is 9.22. The van der Waals surface area contributed by atoms with E-state index in [4.69, 9.17) is 0 Å². The summed E-state index contributed by atoms with van der Waals surface area (Å²) in [6, 6.07) is 0. The van der Waals surface area contributed by atoms with Gasteiger partial charge >= 0.3 is 0 Å². The number of carbonyl (C=O) groups is 1. The zero-order valence-electron chi connectivity index (χ0n) is 10.1. The van der Waals surface area contributed by atoms with Gasteiger partial charge in [0.1, 0.15) is 0 Å². The van der Waals surface area contributed by atoms with Gasteiger partial charge in [-0.2, -0.15) is 7.11 Å². The largest absolute Gasteiger partial charge is 0.640 e. The molecular weight excluding hydrogens is 479 g/mol. The van der Waals surface area contributed by atoms with Crippen molar-refractivity contribution < 1.29 is 9.53 Å². The molecule has 3 heteroatoms. The van der Waals surface area contributed by atoms with Gasteiger partial charge in [0.2, 0.25) is 0 Å². The summed E-state index contributed by atoms with van der Waals surface area (Å²) in [4.78, 5) is 11.3. The molecule has 0 bridgehead atoms. The minimum atomic E-state index is -0.429. The summed E-state index contributed by atoms with van der Waals surface area (Å²) in [5, 5.41) is 0. The fraction of sp³-hybridized carbons (Fsp3) is 0.867. The molecule has 112 valence electrons. The molecule has 0 aromatic carbocycles. The molecular formula is C15H37O2Rf-. The van der Waals surface area contributed by atoms with E-state index >= 15 is 0 Å². The second-order valence-electron chi connectivity index (χ2n) is 5.01. The maximum absolute atomic E-state index is 11.3. The van der Waals surface area contributed by atoms with E-state index in [0.717, 1.165) is 12.8 Å². The van der Waals surface area contributed by atoms with Crippen LogP contribution in [-0.2, 0) is 9.53 Å². The van der Waals surface area contributed by atoms with Crippen LogP contribution in [-0.4, -0.2) is 5.97 Å². The van der Waals surface area contributed by atoms with E-state index in [-0.39, 0.29) is 41.1 Å². The number of ether oxygens (including phenoxy) is 1. The number of hydrogen-bond donors (Lipinski definition) is 0. The zero-order valence-corrected chi connectivity index (χ0v) is 16.5. The zero-order chi connectivity index (χ0) is 10.7. The minimum absolute atomic E-state index is 0. The first-order valence-electron chi connectivity index (χ1n) is 4.71. The molecule has 0 saturated carbocycles. The Morgan fingerprint density at radius 3 is 1.61 bits per heavy atom. The molecule has 0 aromatic heterocycles. The Morgan fingerprint density at radius 2 is 1.39 bits per heavy atom. The smallest absolute Gasteiger partial charge is 0.279 e. The van der Waals surface area contributed by atoms with Crippen LogP contribution in [0.5, 0.6) is 0 Å². The molecule has 0 rings (SSSR count). The minimum Gasteiger partial charge on any atom is -0.640 e. The molecule has 0 N–H and O–H groups in total. The molecule has 0 aliphatic carbocycles. The maximum atomic E-state index is 11.3. The molecule has 18 heavy (non-hydrogen) atoms. The average molecular weight is 516 g/mol. The van der Waals surface area contributed by atoms with Crippen molar-refractivity contribution in [2.75, 3.05) is 0 Å². The number of esters is 1. The van der Waals surface area contributed by atoms with Gasteiger partial charge in [0.05, 0.1) is 5.41 Å². The fourth-order valence-electron chi connectivity index (χ4n) is 1.59. The second kappa shape index (κ2) is 11.9. The monoisotopic (exact) mass is 516 g/mol. The second-order valence-corrected chi connectivity index (χ2v) is 5.01. The van der Waals surface area contributed by atoms with Crippen molar-refractivity contribution >= 4 is 5.97 Å². The van der Waals surface area contributed by atoms with Crippen LogP contribution in [0, 0.1) is 17.9 Å². The molecule has 0 saturated heterocycles. The van der Waals surface area contributed by atoms with Gasteiger partial charge in [-0.1, -0.05) is 56.9 Å². The van der Waals surface area contributed by atoms with Crippen LogP contribution in [0.15, 0.2) is 0 Å². The number of rotatable bonds is 4. The summed E-state index contributed by atoms with van der Waals surface area (Å²) in [5.41, 5.74) is -0.251. The summed E-state index contributed by atoms with van der Waals surface area (Å²) < 4.78 is 4.52. The summed E-state index contributed by atoms with van der Waals surface area (Å²) in [6.07, 6.45) is 1.88. The number of carbonyl (C=O) groups excluding carboxylic acids is 1. The third-order valence-corrected chi connectivity index (χ3v) is 2.56. The third-order valence-electron chi connectivity index (χ3n) is 2.56. The summed E-state index contributed by atoms with van der Waals surface area (Å²) in [5.74, 6) is -0.228. The molecule has 0 fully saturated rings. The van der Waals surface area contributed by atoms with Crippen LogP contribution >= 0.6 is 0 Å². The van der Waals surface area contributed by atoms with Crippen molar-refractivity contribution in [3.63, 3.8) is 0 Å². The maximum Gasteiger partial charge on any atom is 0.279 e. The van der Waals surface area contributed by atoms with Gasteiger partial charge in [0, 0.05) is 0 Å². The van der Waals surface area contributed by atoms with Crippen molar-refractivity contribution in [1.29, 1.82) is 0 Å². The fourth-order valence-corrected chi connectivity index (χ4v) is 1.59. The molecule has 0 aromatic rings. The Morgan fingerprint density at radius 1 is 1.06 bits per heavy atom. The predicted octanol–water partition coefficient (Wildman–Crippen LogP) is 5.72. The van der Waals surface area contributed by atoms with Crippen LogP contribution < -0.4 is 0 Å². The van der Waals surface area contributed by atoms with Gasteiger partial charge in [-0.25, -0.2) is 0 Å². The van der Waals surface area contributed by atoms with Gasteiger partial charge in [0.15, 0.2) is 0 Å². The molecule has 0 unspecified atom stereocenters. The average Bonchev–Trinajstić information content (AvgIpc) is 2.01. The van der Waals surface area contributed by atoms with E-state index in [9.17, 15) is 4.79 Å². The number of hydrogen-bond acceptors (Lipinski definition) is 2. The van der Waals surface area contributed by atoms with Crippen LogP contribution in [0.4, 0.5) is 0 Å². The standard InChI is InChI=1S/C11H21O2.4CH4.Rf/c1-7-10(2,3)8-11(4,5)9(12)13-6;;;;;/h6-8H2,1-5H3;4*1H4;/q-1;;;;;. The molecule has 0 atom stereocenters. The van der Waals surface area contributed by atoms with Crippen molar-refractivity contribution in [1.82, 2.24) is 0 Å². The van der Waals surface area contributed by atoms with Crippen LogP contribution in [0.3, 0.4) is 0 Å². The van der Waals surface area contributed by atoms with Gasteiger partial charge in [-0.15, -0.1) is 0 Å². The molecule has 0 aliphatic rings. The molecule has 0 spiro atoms. The Kier molecular flexibility index (Phi) is 23.9. The van der Waals surface area contributed by atoms with Crippen LogP contribution in [0.2, 0.25) is 0 Å². The van der Waals surface area contributed by atoms with E-state index in [1.54, 1.807) is 0 Å². The summed E-state index contributed by atoms with van der Waals surface area (Å²) in [6.45, 7) is 10.2. The Balaban J connectivity index is -0.0000000720. The van der Waals surface area contributed by atoms with Gasteiger partial charge in [-0.3, -0.25) is 4.79 Å². The van der Waals surface area contributed by atoms with Gasteiger partial charge in [0.25, 0.3) is 5.97 Å². The quantitative estimate of drug-likeness (QED) is 0.353. The van der Waals surface area contributed by atoms with Crippen LogP contribution in [0.25, 0.3) is 0 Å². The Hall–Kier alpha value is -1.53.